The summed E-state index contributed by atoms with van der Waals surface area (Å²) in [5.74, 6) is 0.480. The second kappa shape index (κ2) is 7.34. The van der Waals surface area contributed by atoms with Crippen molar-refractivity contribution in [1.29, 1.82) is 0 Å². The van der Waals surface area contributed by atoms with Gasteiger partial charge in [-0.05, 0) is 43.9 Å². The Morgan fingerprint density at radius 1 is 1.56 bits per heavy atom. The minimum absolute atomic E-state index is 0.00222. The first kappa shape index (κ1) is 14.9. The third kappa shape index (κ3) is 5.02. The zero-order valence-electron chi connectivity index (χ0n) is 10.9. The van der Waals surface area contributed by atoms with Gasteiger partial charge in [-0.25, -0.2) is 4.98 Å². The van der Waals surface area contributed by atoms with Gasteiger partial charge in [-0.15, -0.1) is 0 Å². The highest BCUT2D eigenvalue weighted by atomic mass is 35.5. The van der Waals surface area contributed by atoms with Gasteiger partial charge in [-0.2, -0.15) is 0 Å². The summed E-state index contributed by atoms with van der Waals surface area (Å²) < 4.78 is 0. The molecule has 0 aliphatic rings. The highest BCUT2D eigenvalue weighted by Gasteiger charge is 2.07. The molecule has 0 aliphatic heterocycles. The van der Waals surface area contributed by atoms with Gasteiger partial charge in [-0.1, -0.05) is 18.5 Å². The summed E-state index contributed by atoms with van der Waals surface area (Å²) in [5.41, 5.74) is 7.01. The van der Waals surface area contributed by atoms with Crippen molar-refractivity contribution in [1.82, 2.24) is 4.98 Å². The van der Waals surface area contributed by atoms with E-state index in [9.17, 15) is 4.79 Å². The Hall–Kier alpha value is -1.13. The van der Waals surface area contributed by atoms with Crippen LogP contribution in [0.25, 0.3) is 0 Å². The molecule has 0 aromatic carbocycles. The van der Waals surface area contributed by atoms with Crippen molar-refractivity contribution in [2.45, 2.75) is 33.1 Å². The summed E-state index contributed by atoms with van der Waals surface area (Å²) >= 11 is 5.82. The van der Waals surface area contributed by atoms with E-state index >= 15 is 0 Å². The van der Waals surface area contributed by atoms with Crippen molar-refractivity contribution in [2.24, 2.45) is 11.7 Å². The molecule has 1 heterocycles. The van der Waals surface area contributed by atoms with Crippen molar-refractivity contribution in [2.75, 3.05) is 11.9 Å². The van der Waals surface area contributed by atoms with Gasteiger partial charge in [-0.3, -0.25) is 4.79 Å². The maximum atomic E-state index is 11.7. The zero-order valence-corrected chi connectivity index (χ0v) is 11.6. The zero-order chi connectivity index (χ0) is 13.5. The van der Waals surface area contributed by atoms with Gasteiger partial charge in [0.2, 0.25) is 5.91 Å². The maximum absolute atomic E-state index is 11.7. The fraction of sp³-hybridized carbons (Fsp3) is 0.538. The number of hydrogen-bond donors (Lipinski definition) is 2. The minimum Gasteiger partial charge on any atom is -0.330 e. The van der Waals surface area contributed by atoms with Gasteiger partial charge in [0.05, 0.1) is 11.9 Å². The first-order valence-corrected chi connectivity index (χ1v) is 6.52. The average Bonchev–Trinajstić information content (AvgIpc) is 2.32. The number of aryl methyl sites for hydroxylation is 1. The van der Waals surface area contributed by atoms with Crippen molar-refractivity contribution in [3.05, 3.63) is 23.0 Å². The Balaban J connectivity index is 2.42. The van der Waals surface area contributed by atoms with E-state index in [-0.39, 0.29) is 5.91 Å². The van der Waals surface area contributed by atoms with Gasteiger partial charge in [0.25, 0.3) is 0 Å². The Labute approximate surface area is 113 Å². The Kier molecular flexibility index (Phi) is 6.09. The van der Waals surface area contributed by atoms with Crippen molar-refractivity contribution >= 4 is 23.2 Å². The summed E-state index contributed by atoms with van der Waals surface area (Å²) in [4.78, 5) is 15.7. The Morgan fingerprint density at radius 2 is 2.28 bits per heavy atom. The highest BCUT2D eigenvalue weighted by Crippen LogP contribution is 2.17. The number of amides is 1. The lowest BCUT2D eigenvalue weighted by atomic mass is 10.0. The molecule has 18 heavy (non-hydrogen) atoms. The number of nitrogens with two attached hydrogens (primary N) is 1. The summed E-state index contributed by atoms with van der Waals surface area (Å²) in [5, 5.41) is 3.28. The number of anilines is 1. The van der Waals surface area contributed by atoms with Crippen LogP contribution < -0.4 is 11.1 Å². The van der Waals surface area contributed by atoms with Gasteiger partial charge in [0.15, 0.2) is 0 Å². The van der Waals surface area contributed by atoms with Crippen LogP contribution in [0, 0.1) is 12.8 Å². The van der Waals surface area contributed by atoms with Crippen LogP contribution in [0.1, 0.15) is 31.7 Å². The van der Waals surface area contributed by atoms with E-state index in [0.717, 1.165) is 18.4 Å². The summed E-state index contributed by atoms with van der Waals surface area (Å²) in [6.45, 7) is 4.63. The quantitative estimate of drug-likeness (QED) is 0.781. The van der Waals surface area contributed by atoms with Crippen molar-refractivity contribution in [3.8, 4) is 0 Å². The molecule has 0 fully saturated rings. The molecule has 3 N–H and O–H groups in total. The summed E-state index contributed by atoms with van der Waals surface area (Å²) in [6.07, 6.45) is 3.87. The highest BCUT2D eigenvalue weighted by molar-refractivity contribution is 6.30. The molecule has 1 rings (SSSR count). The fourth-order valence-corrected chi connectivity index (χ4v) is 1.76. The number of carbonyl (C=O) groups is 1. The predicted octanol–water partition coefficient (Wildman–Crippen LogP) is 2.75. The molecule has 0 bridgehead atoms. The second-order valence-electron chi connectivity index (χ2n) is 4.60. The number of carbonyl (C=O) groups excluding carboxylic acids is 1. The van der Waals surface area contributed by atoms with Crippen LogP contribution in [0.2, 0.25) is 5.15 Å². The van der Waals surface area contributed by atoms with E-state index < -0.39 is 0 Å². The number of halogens is 1. The van der Waals surface area contributed by atoms with Crippen LogP contribution in [-0.2, 0) is 4.79 Å². The minimum atomic E-state index is 0.00222. The van der Waals surface area contributed by atoms with Crippen LogP contribution in [0.15, 0.2) is 12.3 Å². The fourth-order valence-electron chi connectivity index (χ4n) is 1.66. The first-order valence-electron chi connectivity index (χ1n) is 6.15. The van der Waals surface area contributed by atoms with Crippen LogP contribution in [-0.4, -0.2) is 17.4 Å². The number of pyridine rings is 1. The molecule has 0 aliphatic carbocycles. The van der Waals surface area contributed by atoms with Gasteiger partial charge >= 0.3 is 0 Å². The largest absolute Gasteiger partial charge is 0.330 e. The van der Waals surface area contributed by atoms with Crippen LogP contribution in [0.5, 0.6) is 0 Å². The number of hydrogen-bond acceptors (Lipinski definition) is 3. The van der Waals surface area contributed by atoms with Crippen molar-refractivity contribution in [3.63, 3.8) is 0 Å². The van der Waals surface area contributed by atoms with Crippen LogP contribution >= 0.6 is 11.6 Å². The molecule has 0 radical (unpaired) electrons. The van der Waals surface area contributed by atoms with Crippen molar-refractivity contribution < 1.29 is 4.79 Å². The molecule has 5 heteroatoms. The SMILES string of the molecule is Cc1cc(NC(=O)CCC(C)CCN)cnc1Cl. The Morgan fingerprint density at radius 3 is 2.89 bits per heavy atom. The monoisotopic (exact) mass is 269 g/mol. The number of aromatic nitrogens is 1. The molecule has 1 aromatic rings. The molecule has 100 valence electrons. The molecule has 0 saturated carbocycles. The first-order chi connectivity index (χ1) is 8.52. The third-order valence-electron chi connectivity index (χ3n) is 2.82. The molecule has 1 unspecified atom stereocenters. The normalized spacial score (nSPS) is 12.2. The van der Waals surface area contributed by atoms with E-state index in [4.69, 9.17) is 17.3 Å². The molecule has 0 spiro atoms. The van der Waals surface area contributed by atoms with Gasteiger partial charge < -0.3 is 11.1 Å². The van der Waals surface area contributed by atoms with Gasteiger partial charge in [0.1, 0.15) is 5.15 Å². The lowest BCUT2D eigenvalue weighted by molar-refractivity contribution is -0.116. The number of rotatable bonds is 6. The third-order valence-corrected chi connectivity index (χ3v) is 3.22. The van der Waals surface area contributed by atoms with Gasteiger partial charge in [0, 0.05) is 6.42 Å². The smallest absolute Gasteiger partial charge is 0.224 e. The summed E-state index contributed by atoms with van der Waals surface area (Å²) in [7, 11) is 0. The average molecular weight is 270 g/mol. The molecule has 0 saturated heterocycles. The molecule has 1 aromatic heterocycles. The van der Waals surface area contributed by atoms with Crippen LogP contribution in [0.4, 0.5) is 5.69 Å². The van der Waals surface area contributed by atoms with E-state index in [1.165, 1.54) is 0 Å². The standard InChI is InChI=1S/C13H20ClN3O/c1-9(5-6-15)3-4-12(18)17-11-7-10(2)13(14)16-8-11/h7-9H,3-6,15H2,1-2H3,(H,17,18). The second-order valence-corrected chi connectivity index (χ2v) is 4.96. The molecular weight excluding hydrogens is 250 g/mol. The molecule has 1 atom stereocenters. The maximum Gasteiger partial charge on any atom is 0.224 e. The van der Waals surface area contributed by atoms with E-state index in [1.54, 1.807) is 6.20 Å². The summed E-state index contributed by atoms with van der Waals surface area (Å²) in [6, 6.07) is 1.82. The van der Waals surface area contributed by atoms with Crippen LogP contribution in [0.3, 0.4) is 0 Å². The lowest BCUT2D eigenvalue weighted by Crippen LogP contribution is -2.14. The van der Waals surface area contributed by atoms with E-state index in [2.05, 4.69) is 17.2 Å². The Bertz CT molecular complexity index is 409. The number of nitrogens with zero attached hydrogens (tertiary/aromatic N) is 1. The molecular formula is C13H20ClN3O. The molecule has 1 amide bonds. The lowest BCUT2D eigenvalue weighted by Gasteiger charge is -2.10. The van der Waals surface area contributed by atoms with E-state index in [0.29, 0.717) is 29.7 Å². The number of nitrogens with one attached hydrogen (secondary N) is 1. The topological polar surface area (TPSA) is 68.0 Å². The van der Waals surface area contributed by atoms with E-state index in [1.807, 2.05) is 13.0 Å². The molecule has 4 nitrogen and oxygen atoms in total. The predicted molar refractivity (Wildman–Crippen MR) is 74.7 cm³/mol.